The van der Waals surface area contributed by atoms with E-state index in [1.807, 2.05) is 64.1 Å². The number of aliphatic hydroxyl groups excluding tert-OH is 1. The van der Waals surface area contributed by atoms with Crippen molar-refractivity contribution in [2.45, 2.75) is 89.3 Å². The van der Waals surface area contributed by atoms with Crippen molar-refractivity contribution >= 4 is 41.0 Å². The van der Waals surface area contributed by atoms with E-state index in [-0.39, 0.29) is 31.4 Å². The molecule has 10 nitrogen and oxygen atoms in total. The molecule has 0 radical (unpaired) electrons. The number of carbonyl (C=O) groups is 4. The van der Waals surface area contributed by atoms with E-state index in [4.69, 9.17) is 21.1 Å². The first-order valence-corrected chi connectivity index (χ1v) is 18.1. The van der Waals surface area contributed by atoms with Crippen molar-refractivity contribution in [1.82, 2.24) is 9.80 Å². The lowest BCUT2D eigenvalue weighted by Gasteiger charge is -2.40. The Hall–Kier alpha value is -3.99. The summed E-state index contributed by atoms with van der Waals surface area (Å²) >= 11 is 6.69. The van der Waals surface area contributed by atoms with Crippen molar-refractivity contribution in [1.29, 1.82) is 0 Å². The Morgan fingerprint density at radius 2 is 1.82 bits per heavy atom. The second-order valence-corrected chi connectivity index (χ2v) is 14.7. The zero-order valence-electron chi connectivity index (χ0n) is 30.2. The fourth-order valence-electron chi connectivity index (χ4n) is 8.27. The van der Waals surface area contributed by atoms with Crippen molar-refractivity contribution in [2.24, 2.45) is 17.8 Å². The number of allylic oxidation sites excluding steroid dienone is 1. The molecule has 2 aromatic carbocycles. The van der Waals surface area contributed by atoms with Gasteiger partial charge in [0.15, 0.2) is 0 Å². The van der Waals surface area contributed by atoms with Crippen LogP contribution in [0.25, 0.3) is 0 Å². The lowest BCUT2D eigenvalue weighted by atomic mass is 9.70. The molecule has 5 rings (SSSR count). The molecule has 0 aromatic heterocycles. The quantitative estimate of drug-likeness (QED) is 0.187. The maximum Gasteiger partial charge on any atom is 0.313 e. The maximum atomic E-state index is 15.0. The molecule has 3 aliphatic heterocycles. The number of hydrogen-bond donors (Lipinski definition) is 1. The van der Waals surface area contributed by atoms with E-state index < -0.39 is 65.6 Å². The largest absolute Gasteiger partial charge is 0.455 e. The number of carbonyl (C=O) groups excluding carboxylic acids is 4. The molecule has 11 heteroatoms. The first-order chi connectivity index (χ1) is 24.3. The number of para-hydroxylation sites is 1. The predicted octanol–water partition coefficient (Wildman–Crippen LogP) is 5.66. The minimum atomic E-state index is -1.34. The van der Waals surface area contributed by atoms with Gasteiger partial charge >= 0.3 is 5.97 Å². The predicted molar refractivity (Wildman–Crippen MR) is 196 cm³/mol. The second kappa shape index (κ2) is 15.7. The van der Waals surface area contributed by atoms with E-state index in [2.05, 4.69) is 13.2 Å². The Morgan fingerprint density at radius 1 is 1.12 bits per heavy atom. The molecule has 3 fully saturated rings. The van der Waals surface area contributed by atoms with Gasteiger partial charge in [0.2, 0.25) is 11.8 Å². The molecule has 8 atom stereocenters. The van der Waals surface area contributed by atoms with Crippen molar-refractivity contribution < 1.29 is 33.8 Å². The molecule has 0 saturated carbocycles. The minimum Gasteiger partial charge on any atom is -0.455 e. The number of amides is 3. The van der Waals surface area contributed by atoms with Gasteiger partial charge in [-0.15, -0.1) is 13.2 Å². The molecule has 3 heterocycles. The Labute approximate surface area is 306 Å². The summed E-state index contributed by atoms with van der Waals surface area (Å²) in [7, 11) is 1.68. The van der Waals surface area contributed by atoms with Crippen LogP contribution in [-0.4, -0.2) is 88.6 Å². The number of esters is 1. The summed E-state index contributed by atoms with van der Waals surface area (Å²) < 4.78 is 13.0. The Kier molecular flexibility index (Phi) is 11.8. The lowest BCUT2D eigenvalue weighted by molar-refractivity contribution is -0.165. The van der Waals surface area contributed by atoms with Gasteiger partial charge in [0.05, 0.1) is 47.3 Å². The topological polar surface area (TPSA) is 117 Å². The van der Waals surface area contributed by atoms with Crippen molar-refractivity contribution in [3.05, 3.63) is 90.0 Å². The van der Waals surface area contributed by atoms with Gasteiger partial charge in [-0.3, -0.25) is 19.2 Å². The number of halogens is 1. The summed E-state index contributed by atoms with van der Waals surface area (Å²) in [5.41, 5.74) is 0.613. The first-order valence-electron chi connectivity index (χ1n) is 17.7. The van der Waals surface area contributed by atoms with Crippen LogP contribution in [0.3, 0.4) is 0 Å². The van der Waals surface area contributed by atoms with Gasteiger partial charge in [-0.25, -0.2) is 0 Å². The summed E-state index contributed by atoms with van der Waals surface area (Å²) in [5, 5.41) is 11.0. The molecule has 3 aliphatic rings. The number of hydrogen-bond acceptors (Lipinski definition) is 7. The van der Waals surface area contributed by atoms with E-state index in [0.29, 0.717) is 35.5 Å². The molecule has 2 aromatic rings. The number of likely N-dealkylation sites (N-methyl/N-ethyl adjacent to an activating group) is 1. The zero-order valence-corrected chi connectivity index (χ0v) is 30.9. The van der Waals surface area contributed by atoms with Crippen LogP contribution in [0.15, 0.2) is 73.8 Å². The molecule has 3 saturated heterocycles. The smallest absolute Gasteiger partial charge is 0.313 e. The third-order valence-corrected chi connectivity index (χ3v) is 11.3. The van der Waals surface area contributed by atoms with Gasteiger partial charge in [-0.2, -0.15) is 0 Å². The van der Waals surface area contributed by atoms with E-state index in [1.165, 1.54) is 9.80 Å². The highest BCUT2D eigenvalue weighted by atomic mass is 35.5. The third kappa shape index (κ3) is 6.86. The van der Waals surface area contributed by atoms with Crippen molar-refractivity contribution in [3.8, 4) is 0 Å². The number of rotatable bonds is 15. The standard InChI is InChI=1S/C40H50ClN3O7/c1-8-10-19-31(46)42(7)26(6)35(27-16-12-11-13-17-27)50-39(49)32-30-20-21-40(51-30)33(32)37(47)44(29(23-45)24(3)4)36(40)38(48)43(22-9-2)34-25(5)15-14-18-28(34)41/h8-9,11-18,24,26,29-30,32-33,35-36,45H,1-2,10,19-23H2,3-7H3/t26-,29+,30+,32-,33-,35+,36+,40-/m1/s1. The summed E-state index contributed by atoms with van der Waals surface area (Å²) in [4.78, 5) is 61.9. The van der Waals surface area contributed by atoms with E-state index >= 15 is 4.79 Å². The zero-order chi connectivity index (χ0) is 37.2. The summed E-state index contributed by atoms with van der Waals surface area (Å²) in [6, 6.07) is 12.1. The van der Waals surface area contributed by atoms with Gasteiger partial charge in [0, 0.05) is 20.0 Å². The molecule has 1 N–H and O–H groups in total. The van der Waals surface area contributed by atoms with Gasteiger partial charge in [-0.05, 0) is 56.2 Å². The van der Waals surface area contributed by atoms with Crippen LogP contribution in [0.4, 0.5) is 5.69 Å². The number of anilines is 1. The lowest BCUT2D eigenvalue weighted by Crippen LogP contribution is -2.60. The molecule has 1 spiro atoms. The van der Waals surface area contributed by atoms with Crippen LogP contribution in [-0.2, 0) is 28.7 Å². The van der Waals surface area contributed by atoms with Crippen LogP contribution in [0, 0.1) is 24.7 Å². The van der Waals surface area contributed by atoms with Gasteiger partial charge in [0.25, 0.3) is 5.91 Å². The van der Waals surface area contributed by atoms with Gasteiger partial charge < -0.3 is 29.3 Å². The van der Waals surface area contributed by atoms with Crippen LogP contribution in [0.2, 0.25) is 5.02 Å². The number of benzene rings is 2. The molecule has 51 heavy (non-hydrogen) atoms. The van der Waals surface area contributed by atoms with Crippen molar-refractivity contribution in [2.75, 3.05) is 25.1 Å². The second-order valence-electron chi connectivity index (χ2n) is 14.3. The fourth-order valence-corrected chi connectivity index (χ4v) is 8.60. The van der Waals surface area contributed by atoms with Crippen molar-refractivity contribution in [3.63, 3.8) is 0 Å². The number of aliphatic hydroxyl groups is 1. The average molecular weight is 720 g/mol. The number of fused-ring (bicyclic) bond motifs is 1. The maximum absolute atomic E-state index is 15.0. The SMILES string of the molecule is C=CCCC(=O)N(C)[C@H](C)[C@H](OC(=O)[C@@H]1[C@@H]2CC[C@]3(O2)[C@H](C(=O)N(CC=C)c2c(C)cccc2Cl)N([C@@H](CO)C(C)C)C(=O)[C@@H]13)c1ccccc1. The molecule has 274 valence electrons. The Bertz CT molecular complexity index is 1630. The molecule has 0 aliphatic carbocycles. The normalized spacial score (nSPS) is 25.3. The first kappa shape index (κ1) is 38.2. The highest BCUT2D eigenvalue weighted by molar-refractivity contribution is 6.34. The third-order valence-electron chi connectivity index (χ3n) is 11.0. The Morgan fingerprint density at radius 3 is 2.43 bits per heavy atom. The van der Waals surface area contributed by atoms with E-state index in [0.717, 1.165) is 5.56 Å². The summed E-state index contributed by atoms with van der Waals surface area (Å²) in [5.74, 6) is -3.86. The van der Waals surface area contributed by atoms with Crippen LogP contribution in [0.1, 0.15) is 63.7 Å². The molecule has 0 unspecified atom stereocenters. The average Bonchev–Trinajstić information content (AvgIpc) is 3.76. The summed E-state index contributed by atoms with van der Waals surface area (Å²) in [6.07, 6.45) is 3.35. The van der Waals surface area contributed by atoms with E-state index in [9.17, 15) is 19.5 Å². The minimum absolute atomic E-state index is 0.110. The van der Waals surface area contributed by atoms with E-state index in [1.54, 1.807) is 36.2 Å². The molecule has 3 amide bonds. The number of aryl methyl sites for hydroxylation is 1. The number of likely N-dealkylation sites (tertiary alicyclic amines) is 1. The number of ether oxygens (including phenoxy) is 2. The molecular weight excluding hydrogens is 670 g/mol. The van der Waals surface area contributed by atoms with Gasteiger partial charge in [-0.1, -0.05) is 80.1 Å². The number of nitrogens with zero attached hydrogens (tertiary/aromatic N) is 3. The molecule has 2 bridgehead atoms. The van der Waals surface area contributed by atoms with Gasteiger partial charge in [0.1, 0.15) is 17.7 Å². The van der Waals surface area contributed by atoms with Crippen LogP contribution < -0.4 is 4.90 Å². The monoisotopic (exact) mass is 719 g/mol. The Balaban J connectivity index is 1.55. The molecular formula is C40H50ClN3O7. The highest BCUT2D eigenvalue weighted by Gasteiger charge is 2.76. The highest BCUT2D eigenvalue weighted by Crippen LogP contribution is 2.60. The fraction of sp³-hybridized carbons (Fsp3) is 0.500. The summed E-state index contributed by atoms with van der Waals surface area (Å²) in [6.45, 7) is 14.8. The van der Waals surface area contributed by atoms with Crippen LogP contribution in [0.5, 0.6) is 0 Å². The van der Waals surface area contributed by atoms with Crippen LogP contribution >= 0.6 is 11.6 Å².